The maximum Gasteiger partial charge on any atom is 0.332 e. The second-order valence-electron chi connectivity index (χ2n) is 11.1. The Kier molecular flexibility index (Phi) is 10.6. The van der Waals surface area contributed by atoms with Gasteiger partial charge in [-0.3, -0.25) is 9.59 Å². The highest BCUT2D eigenvalue weighted by Gasteiger charge is 2.62. The van der Waals surface area contributed by atoms with Gasteiger partial charge in [0, 0.05) is 31.1 Å². The maximum absolute atomic E-state index is 13.8. The number of nitrogens with one attached hydrogen (secondary N) is 1. The van der Waals surface area contributed by atoms with Gasteiger partial charge < -0.3 is 24.4 Å². The van der Waals surface area contributed by atoms with Gasteiger partial charge >= 0.3 is 12.0 Å². The number of methoxy groups -OCH3 is 1. The summed E-state index contributed by atoms with van der Waals surface area (Å²) in [4.78, 5) is 50.9. The number of unbranched alkanes of at least 4 members (excludes halogenated alkanes) is 2. The SMILES string of the molecule is C=CCCCCN(C)C(=O)C1CC(Oc2cc(-c3ccccc3)nc(OC)n2)CC1C(=O)NC1(C(=O)OCC)CC1C=C. The van der Waals surface area contributed by atoms with Crippen LogP contribution in [0.15, 0.2) is 61.7 Å². The average Bonchev–Trinajstić information content (AvgIpc) is 3.58. The molecule has 4 rings (SSSR count). The van der Waals surface area contributed by atoms with Gasteiger partial charge in [-0.2, -0.15) is 9.97 Å². The van der Waals surface area contributed by atoms with Crippen LogP contribution in [0.25, 0.3) is 11.3 Å². The van der Waals surface area contributed by atoms with Gasteiger partial charge in [0.25, 0.3) is 0 Å². The van der Waals surface area contributed by atoms with Crippen LogP contribution in [0.2, 0.25) is 0 Å². The van der Waals surface area contributed by atoms with E-state index in [0.717, 1.165) is 24.8 Å². The molecule has 2 saturated carbocycles. The van der Waals surface area contributed by atoms with E-state index in [1.165, 1.54) is 7.11 Å². The van der Waals surface area contributed by atoms with Gasteiger partial charge in [-0.1, -0.05) is 42.5 Å². The number of hydrogen-bond acceptors (Lipinski definition) is 8. The third-order valence-electron chi connectivity index (χ3n) is 8.21. The van der Waals surface area contributed by atoms with Crippen molar-refractivity contribution in [1.82, 2.24) is 20.2 Å². The summed E-state index contributed by atoms with van der Waals surface area (Å²) in [6.45, 7) is 10.1. The Hall–Kier alpha value is -4.21. The van der Waals surface area contributed by atoms with Gasteiger partial charge in [0.2, 0.25) is 17.7 Å². The summed E-state index contributed by atoms with van der Waals surface area (Å²) in [5.41, 5.74) is 0.346. The van der Waals surface area contributed by atoms with Crippen LogP contribution in [-0.4, -0.2) is 71.6 Å². The Morgan fingerprint density at radius 1 is 1.12 bits per heavy atom. The Bertz CT molecular complexity index is 1320. The number of nitrogens with zero attached hydrogens (tertiary/aromatic N) is 3. The standard InChI is InChI=1S/C33H42N4O6/c1-6-9-10-14-17-37(4)30(39)26-19-24(18-25(26)29(38)36-33(21-23(33)7-2)31(40)42-8-3)43-28-20-27(34-32(35-28)41-5)22-15-12-11-13-16-22/h6-7,11-13,15-16,20,23-26H,1-2,8-10,14,17-19,21H2,3-5H3,(H,36,38). The molecule has 2 aromatic rings. The molecule has 1 N–H and O–H groups in total. The minimum atomic E-state index is -1.15. The summed E-state index contributed by atoms with van der Waals surface area (Å²) in [5.74, 6) is -2.26. The molecule has 230 valence electrons. The van der Waals surface area contributed by atoms with Crippen LogP contribution in [0.4, 0.5) is 0 Å². The first-order valence-electron chi connectivity index (χ1n) is 14.9. The van der Waals surface area contributed by atoms with Gasteiger partial charge in [0.1, 0.15) is 11.6 Å². The van der Waals surface area contributed by atoms with Gasteiger partial charge in [-0.05, 0) is 45.4 Å². The number of ether oxygens (including phenoxy) is 3. The Balaban J connectivity index is 1.56. The second kappa shape index (κ2) is 14.3. The van der Waals surface area contributed by atoms with Gasteiger partial charge in [0.05, 0.1) is 31.2 Å². The van der Waals surface area contributed by atoms with Crippen molar-refractivity contribution in [2.24, 2.45) is 17.8 Å². The van der Waals surface area contributed by atoms with Crippen molar-refractivity contribution in [3.05, 3.63) is 61.7 Å². The predicted molar refractivity (Wildman–Crippen MR) is 162 cm³/mol. The van der Waals surface area contributed by atoms with Crippen molar-refractivity contribution in [2.45, 2.75) is 57.1 Å². The van der Waals surface area contributed by atoms with E-state index in [9.17, 15) is 14.4 Å². The first kappa shape index (κ1) is 31.7. The van der Waals surface area contributed by atoms with Gasteiger partial charge in [-0.25, -0.2) is 4.79 Å². The minimum Gasteiger partial charge on any atom is -0.474 e. The zero-order valence-electron chi connectivity index (χ0n) is 25.3. The fraction of sp³-hybridized carbons (Fsp3) is 0.485. The van der Waals surface area contributed by atoms with Crippen molar-refractivity contribution in [2.75, 3.05) is 27.3 Å². The van der Waals surface area contributed by atoms with E-state index < -0.39 is 29.4 Å². The van der Waals surface area contributed by atoms with Crippen LogP contribution >= 0.6 is 0 Å². The quantitative estimate of drug-likeness (QED) is 0.185. The summed E-state index contributed by atoms with van der Waals surface area (Å²) in [6.07, 6.45) is 6.67. The number of carbonyl (C=O) groups is 3. The topological polar surface area (TPSA) is 120 Å². The number of rotatable bonds is 15. The van der Waals surface area contributed by atoms with E-state index in [2.05, 4.69) is 28.4 Å². The number of amides is 2. The molecular formula is C33H42N4O6. The molecule has 0 saturated heterocycles. The number of carbonyl (C=O) groups excluding carboxylic acids is 3. The second-order valence-corrected chi connectivity index (χ2v) is 11.1. The maximum atomic E-state index is 13.8. The largest absolute Gasteiger partial charge is 0.474 e. The van der Waals surface area contributed by atoms with Crippen LogP contribution in [-0.2, 0) is 19.1 Å². The molecule has 2 amide bonds. The fourth-order valence-electron chi connectivity index (χ4n) is 5.74. The average molecular weight is 591 g/mol. The summed E-state index contributed by atoms with van der Waals surface area (Å²) < 4.78 is 16.9. The van der Waals surface area contributed by atoms with Crippen molar-refractivity contribution >= 4 is 17.8 Å². The molecule has 2 aliphatic carbocycles. The first-order valence-corrected chi connectivity index (χ1v) is 14.9. The van der Waals surface area contributed by atoms with Crippen LogP contribution in [0.1, 0.15) is 45.4 Å². The number of hydrogen-bond donors (Lipinski definition) is 1. The third kappa shape index (κ3) is 7.42. The summed E-state index contributed by atoms with van der Waals surface area (Å²) in [6, 6.07) is 11.5. The van der Waals surface area contributed by atoms with E-state index in [1.54, 1.807) is 31.0 Å². The van der Waals surface area contributed by atoms with E-state index in [0.29, 0.717) is 25.1 Å². The smallest absolute Gasteiger partial charge is 0.332 e. The molecule has 10 heteroatoms. The molecule has 5 atom stereocenters. The molecule has 0 aliphatic heterocycles. The normalized spacial score (nSPS) is 24.0. The summed E-state index contributed by atoms with van der Waals surface area (Å²) in [5, 5.41) is 2.94. The molecule has 5 unspecified atom stereocenters. The van der Waals surface area contributed by atoms with Gasteiger partial charge in [-0.15, -0.1) is 13.2 Å². The molecule has 1 heterocycles. The molecule has 0 spiro atoms. The van der Waals surface area contributed by atoms with Crippen LogP contribution < -0.4 is 14.8 Å². The fourth-order valence-corrected chi connectivity index (χ4v) is 5.74. The Labute approximate surface area is 253 Å². The lowest BCUT2D eigenvalue weighted by atomic mass is 9.93. The number of benzene rings is 1. The zero-order chi connectivity index (χ0) is 31.0. The monoisotopic (exact) mass is 590 g/mol. The lowest BCUT2D eigenvalue weighted by Gasteiger charge is -2.26. The summed E-state index contributed by atoms with van der Waals surface area (Å²) in [7, 11) is 3.24. The summed E-state index contributed by atoms with van der Waals surface area (Å²) >= 11 is 0. The van der Waals surface area contributed by atoms with Crippen molar-refractivity contribution in [1.29, 1.82) is 0 Å². The zero-order valence-corrected chi connectivity index (χ0v) is 25.3. The minimum absolute atomic E-state index is 0.128. The lowest BCUT2D eigenvalue weighted by molar-refractivity contribution is -0.150. The molecular weight excluding hydrogens is 548 g/mol. The highest BCUT2D eigenvalue weighted by Crippen LogP contribution is 2.46. The predicted octanol–water partition coefficient (Wildman–Crippen LogP) is 4.36. The highest BCUT2D eigenvalue weighted by molar-refractivity contribution is 5.95. The van der Waals surface area contributed by atoms with E-state index in [-0.39, 0.29) is 42.7 Å². The third-order valence-corrected chi connectivity index (χ3v) is 8.21. The van der Waals surface area contributed by atoms with E-state index in [1.807, 2.05) is 36.4 Å². The Morgan fingerprint density at radius 2 is 1.86 bits per heavy atom. The van der Waals surface area contributed by atoms with Crippen LogP contribution in [0.5, 0.6) is 11.9 Å². The van der Waals surface area contributed by atoms with Crippen molar-refractivity contribution < 1.29 is 28.6 Å². The highest BCUT2D eigenvalue weighted by atomic mass is 16.5. The molecule has 1 aromatic carbocycles. The molecule has 43 heavy (non-hydrogen) atoms. The first-order chi connectivity index (χ1) is 20.8. The van der Waals surface area contributed by atoms with Crippen molar-refractivity contribution in [3.63, 3.8) is 0 Å². The Morgan fingerprint density at radius 3 is 2.51 bits per heavy atom. The van der Waals surface area contributed by atoms with Crippen LogP contribution in [0, 0.1) is 17.8 Å². The molecule has 10 nitrogen and oxygen atoms in total. The van der Waals surface area contributed by atoms with Gasteiger partial charge in [0.15, 0.2) is 0 Å². The molecule has 1 aromatic heterocycles. The van der Waals surface area contributed by atoms with Crippen LogP contribution in [0.3, 0.4) is 0 Å². The number of aromatic nitrogens is 2. The number of esters is 1. The molecule has 0 radical (unpaired) electrons. The lowest BCUT2D eigenvalue weighted by Crippen LogP contribution is -2.50. The molecule has 2 aliphatic rings. The number of allylic oxidation sites excluding steroid dienone is 1. The van der Waals surface area contributed by atoms with E-state index >= 15 is 0 Å². The molecule has 0 bridgehead atoms. The molecule has 2 fully saturated rings. The van der Waals surface area contributed by atoms with E-state index in [4.69, 9.17) is 14.2 Å². The van der Waals surface area contributed by atoms with Crippen molar-refractivity contribution in [3.8, 4) is 23.1 Å².